The third-order valence-electron chi connectivity index (χ3n) is 2.18. The van der Waals surface area contributed by atoms with Crippen molar-refractivity contribution in [3.8, 4) is 0 Å². The van der Waals surface area contributed by atoms with Gasteiger partial charge >= 0.3 is 6.18 Å². The molecule has 0 amide bonds. The molecule has 2 N–H and O–H groups in total. The average Bonchev–Trinajstić information content (AvgIpc) is 2.22. The molecule has 1 rings (SSSR count). The van der Waals surface area contributed by atoms with Crippen molar-refractivity contribution < 1.29 is 13.2 Å². The fourth-order valence-corrected chi connectivity index (χ4v) is 1.34. The van der Waals surface area contributed by atoms with Crippen molar-refractivity contribution >= 4 is 0 Å². The SMILES string of the molecule is CC(C)NCc1cc(=O)[nH]c(CCC(F)(F)F)n1. The van der Waals surface area contributed by atoms with Crippen LogP contribution in [0.4, 0.5) is 13.2 Å². The van der Waals surface area contributed by atoms with Gasteiger partial charge in [-0.3, -0.25) is 4.79 Å². The number of hydrogen-bond acceptors (Lipinski definition) is 3. The van der Waals surface area contributed by atoms with Crippen LogP contribution in [0.1, 0.15) is 31.8 Å². The van der Waals surface area contributed by atoms with E-state index in [1.807, 2.05) is 13.8 Å². The summed E-state index contributed by atoms with van der Waals surface area (Å²) < 4.78 is 36.2. The summed E-state index contributed by atoms with van der Waals surface area (Å²) in [6, 6.07) is 1.50. The van der Waals surface area contributed by atoms with Gasteiger partial charge in [0.2, 0.25) is 0 Å². The van der Waals surface area contributed by atoms with Crippen LogP contribution in [-0.2, 0) is 13.0 Å². The van der Waals surface area contributed by atoms with Gasteiger partial charge in [-0.2, -0.15) is 13.2 Å². The van der Waals surface area contributed by atoms with Gasteiger partial charge in [-0.1, -0.05) is 13.8 Å². The lowest BCUT2D eigenvalue weighted by atomic mass is 10.2. The van der Waals surface area contributed by atoms with Gasteiger partial charge in [0.1, 0.15) is 5.82 Å². The molecule has 0 saturated heterocycles. The first-order valence-corrected chi connectivity index (χ1v) is 5.65. The number of aromatic amines is 1. The van der Waals surface area contributed by atoms with Crippen molar-refractivity contribution in [2.24, 2.45) is 0 Å². The van der Waals surface area contributed by atoms with Crippen LogP contribution in [0.15, 0.2) is 10.9 Å². The van der Waals surface area contributed by atoms with Crippen LogP contribution in [-0.4, -0.2) is 22.2 Å². The minimum Gasteiger partial charge on any atom is -0.311 e. The lowest BCUT2D eigenvalue weighted by molar-refractivity contribution is -0.134. The summed E-state index contributed by atoms with van der Waals surface area (Å²) in [5.74, 6) is 0.0698. The van der Waals surface area contributed by atoms with E-state index in [0.717, 1.165) is 0 Å². The molecule has 0 spiro atoms. The van der Waals surface area contributed by atoms with Crippen LogP contribution in [0, 0.1) is 0 Å². The number of hydrogen-bond donors (Lipinski definition) is 2. The van der Waals surface area contributed by atoms with Gasteiger partial charge in [-0.05, 0) is 0 Å². The van der Waals surface area contributed by atoms with Crippen molar-refractivity contribution in [1.29, 1.82) is 0 Å². The van der Waals surface area contributed by atoms with Gasteiger partial charge in [0.05, 0.1) is 12.1 Å². The number of rotatable bonds is 5. The maximum atomic E-state index is 12.1. The molecular formula is C11H16F3N3O. The van der Waals surface area contributed by atoms with Crippen molar-refractivity contribution in [3.63, 3.8) is 0 Å². The van der Waals surface area contributed by atoms with Gasteiger partial charge in [-0.25, -0.2) is 4.98 Å². The molecule has 102 valence electrons. The standard InChI is InChI=1S/C11H16F3N3O/c1-7(2)15-6-8-5-10(18)17-9(16-8)3-4-11(12,13)14/h5,7,15H,3-4,6H2,1-2H3,(H,16,17,18). The van der Waals surface area contributed by atoms with E-state index in [1.54, 1.807) is 0 Å². The van der Waals surface area contributed by atoms with Gasteiger partial charge in [-0.15, -0.1) is 0 Å². The maximum absolute atomic E-state index is 12.1. The van der Waals surface area contributed by atoms with Gasteiger partial charge in [0.25, 0.3) is 5.56 Å². The summed E-state index contributed by atoms with van der Waals surface area (Å²) in [7, 11) is 0. The van der Waals surface area contributed by atoms with Crippen molar-refractivity contribution in [3.05, 3.63) is 27.9 Å². The summed E-state index contributed by atoms with van der Waals surface area (Å²) in [6.45, 7) is 4.22. The van der Waals surface area contributed by atoms with Gasteiger partial charge in [0.15, 0.2) is 0 Å². The van der Waals surface area contributed by atoms with E-state index < -0.39 is 18.2 Å². The Labute approximate surface area is 103 Å². The van der Waals surface area contributed by atoms with Gasteiger partial charge < -0.3 is 10.3 Å². The molecule has 0 fully saturated rings. The van der Waals surface area contributed by atoms with Crippen LogP contribution < -0.4 is 10.9 Å². The molecule has 18 heavy (non-hydrogen) atoms. The molecule has 1 heterocycles. The molecule has 0 aromatic carbocycles. The monoisotopic (exact) mass is 263 g/mol. The highest BCUT2D eigenvalue weighted by atomic mass is 19.4. The Morgan fingerprint density at radius 1 is 1.44 bits per heavy atom. The van der Waals surface area contributed by atoms with Crippen LogP contribution in [0.2, 0.25) is 0 Å². The predicted molar refractivity (Wildman–Crippen MR) is 61.2 cm³/mol. The molecule has 0 atom stereocenters. The number of H-pyrrole nitrogens is 1. The minimum absolute atomic E-state index is 0.0698. The van der Waals surface area contributed by atoms with E-state index in [2.05, 4.69) is 15.3 Å². The molecule has 0 aliphatic rings. The van der Waals surface area contributed by atoms with Crippen LogP contribution in [0.5, 0.6) is 0 Å². The molecule has 0 aliphatic carbocycles. The number of aryl methyl sites for hydroxylation is 1. The zero-order chi connectivity index (χ0) is 13.8. The minimum atomic E-state index is -4.25. The van der Waals surface area contributed by atoms with E-state index in [1.165, 1.54) is 6.07 Å². The smallest absolute Gasteiger partial charge is 0.311 e. The summed E-state index contributed by atoms with van der Waals surface area (Å²) in [5.41, 5.74) is 0.0207. The van der Waals surface area contributed by atoms with Gasteiger partial charge in [0, 0.05) is 25.1 Å². The third-order valence-corrected chi connectivity index (χ3v) is 2.18. The molecule has 0 bridgehead atoms. The van der Waals surface area contributed by atoms with Crippen LogP contribution >= 0.6 is 0 Å². The van der Waals surface area contributed by atoms with E-state index in [0.29, 0.717) is 12.2 Å². The first-order valence-electron chi connectivity index (χ1n) is 5.65. The molecule has 0 unspecified atom stereocenters. The second kappa shape index (κ2) is 5.99. The van der Waals surface area contributed by atoms with E-state index >= 15 is 0 Å². The largest absolute Gasteiger partial charge is 0.389 e. The third kappa shape index (κ3) is 5.81. The Hall–Kier alpha value is -1.37. The zero-order valence-corrected chi connectivity index (χ0v) is 10.3. The molecule has 0 saturated carbocycles. The first-order chi connectivity index (χ1) is 8.26. The van der Waals surface area contributed by atoms with Crippen molar-refractivity contribution in [2.45, 2.75) is 45.5 Å². The summed E-state index contributed by atoms with van der Waals surface area (Å²) >= 11 is 0. The number of halogens is 3. The molecule has 7 heteroatoms. The number of alkyl halides is 3. The van der Waals surface area contributed by atoms with E-state index in [-0.39, 0.29) is 18.3 Å². The molecule has 0 radical (unpaired) electrons. The first kappa shape index (κ1) is 14.7. The fourth-order valence-electron chi connectivity index (χ4n) is 1.34. The van der Waals surface area contributed by atoms with Crippen LogP contribution in [0.25, 0.3) is 0 Å². The Morgan fingerprint density at radius 2 is 2.11 bits per heavy atom. The Kier molecular flexibility index (Phi) is 4.89. The quantitative estimate of drug-likeness (QED) is 0.851. The maximum Gasteiger partial charge on any atom is 0.389 e. The highest BCUT2D eigenvalue weighted by molar-refractivity contribution is 5.03. The summed E-state index contributed by atoms with van der Waals surface area (Å²) in [6.07, 6.45) is -5.55. The Balaban J connectivity index is 2.71. The summed E-state index contributed by atoms with van der Waals surface area (Å²) in [4.78, 5) is 17.6. The highest BCUT2D eigenvalue weighted by Crippen LogP contribution is 2.20. The molecule has 1 aromatic heterocycles. The molecule has 4 nitrogen and oxygen atoms in total. The van der Waals surface area contributed by atoms with Crippen molar-refractivity contribution in [1.82, 2.24) is 15.3 Å². The lowest BCUT2D eigenvalue weighted by Gasteiger charge is -2.09. The number of nitrogens with one attached hydrogen (secondary N) is 2. The van der Waals surface area contributed by atoms with E-state index in [9.17, 15) is 18.0 Å². The number of aromatic nitrogens is 2. The van der Waals surface area contributed by atoms with Crippen LogP contribution in [0.3, 0.4) is 0 Å². The number of nitrogens with zero attached hydrogens (tertiary/aromatic N) is 1. The highest BCUT2D eigenvalue weighted by Gasteiger charge is 2.27. The topological polar surface area (TPSA) is 57.8 Å². The normalized spacial score (nSPS) is 12.1. The Morgan fingerprint density at radius 3 is 2.67 bits per heavy atom. The lowest BCUT2D eigenvalue weighted by Crippen LogP contribution is -2.24. The molecule has 1 aromatic rings. The second-order valence-electron chi connectivity index (χ2n) is 4.33. The Bertz CT molecular complexity index is 440. The molecular weight excluding hydrogens is 247 g/mol. The fraction of sp³-hybridized carbons (Fsp3) is 0.636. The average molecular weight is 263 g/mol. The second-order valence-corrected chi connectivity index (χ2v) is 4.33. The summed E-state index contributed by atoms with van der Waals surface area (Å²) in [5, 5.41) is 3.05. The van der Waals surface area contributed by atoms with E-state index in [4.69, 9.17) is 0 Å². The predicted octanol–water partition coefficient (Wildman–Crippen LogP) is 1.76. The molecule has 0 aliphatic heterocycles. The zero-order valence-electron chi connectivity index (χ0n) is 10.3. The van der Waals surface area contributed by atoms with Crippen molar-refractivity contribution in [2.75, 3.05) is 0 Å².